The molecule has 0 aliphatic rings. The van der Waals surface area contributed by atoms with E-state index < -0.39 is 0 Å². The lowest BCUT2D eigenvalue weighted by Gasteiger charge is -2.13. The van der Waals surface area contributed by atoms with Crippen LogP contribution in [0.25, 0.3) is 0 Å². The molecule has 0 saturated heterocycles. The molecule has 1 unspecified atom stereocenters. The number of hydrogen-bond donors (Lipinski definition) is 2. The highest BCUT2D eigenvalue weighted by molar-refractivity contribution is 6.29. The first kappa shape index (κ1) is 15.2. The molecule has 1 aromatic heterocycles. The molecule has 108 valence electrons. The maximum atomic E-state index is 12.0. The predicted molar refractivity (Wildman–Crippen MR) is 82.0 cm³/mol. The van der Waals surface area contributed by atoms with Crippen molar-refractivity contribution >= 4 is 17.5 Å². The van der Waals surface area contributed by atoms with Gasteiger partial charge in [0.25, 0.3) is 5.91 Å². The Kier molecular flexibility index (Phi) is 5.04. The summed E-state index contributed by atoms with van der Waals surface area (Å²) in [7, 11) is 0. The number of benzene rings is 1. The number of furan rings is 1. The Morgan fingerprint density at radius 3 is 2.90 bits per heavy atom. The molecule has 2 rings (SSSR count). The molecule has 1 heterocycles. The molecule has 21 heavy (non-hydrogen) atoms. The van der Waals surface area contributed by atoms with Crippen molar-refractivity contribution < 1.29 is 9.21 Å². The molecule has 2 aromatic rings. The Morgan fingerprint density at radius 2 is 2.24 bits per heavy atom. The van der Waals surface area contributed by atoms with E-state index in [2.05, 4.69) is 17.2 Å². The zero-order chi connectivity index (χ0) is 15.2. The first-order valence-corrected chi connectivity index (χ1v) is 6.83. The highest BCUT2D eigenvalue weighted by Crippen LogP contribution is 2.17. The van der Waals surface area contributed by atoms with E-state index in [9.17, 15) is 4.79 Å². The lowest BCUT2D eigenvalue weighted by atomic mass is 10.1. The summed E-state index contributed by atoms with van der Waals surface area (Å²) in [6.45, 7) is 2.20. The fraction of sp³-hybridized carbons (Fsp3) is 0.188. The van der Waals surface area contributed by atoms with Crippen LogP contribution in [0.15, 0.2) is 40.8 Å². The van der Waals surface area contributed by atoms with Crippen LogP contribution in [0.2, 0.25) is 5.22 Å². The Balaban J connectivity index is 2.09. The first-order valence-electron chi connectivity index (χ1n) is 6.45. The molecule has 1 aromatic carbocycles. The lowest BCUT2D eigenvalue weighted by Crippen LogP contribution is -2.26. The lowest BCUT2D eigenvalue weighted by molar-refractivity contribution is 0.0912. The molecule has 0 spiro atoms. The Labute approximate surface area is 128 Å². The number of amides is 1. The molecule has 1 atom stereocenters. The third kappa shape index (κ3) is 4.12. The first-order chi connectivity index (χ1) is 10.1. The number of carbonyl (C=O) groups is 1. The summed E-state index contributed by atoms with van der Waals surface area (Å²) < 4.78 is 5.08. The highest BCUT2D eigenvalue weighted by atomic mass is 35.5. The summed E-state index contributed by atoms with van der Waals surface area (Å²) in [6.07, 6.45) is 0. The Morgan fingerprint density at radius 1 is 1.43 bits per heavy atom. The van der Waals surface area contributed by atoms with Crippen LogP contribution in [0.4, 0.5) is 0 Å². The monoisotopic (exact) mass is 302 g/mol. The van der Waals surface area contributed by atoms with Crippen LogP contribution >= 0.6 is 11.6 Å². The zero-order valence-electron chi connectivity index (χ0n) is 11.5. The van der Waals surface area contributed by atoms with Crippen molar-refractivity contribution in [3.63, 3.8) is 0 Å². The second-order valence-corrected chi connectivity index (χ2v) is 4.80. The standard InChI is InChI=1S/C16H15ClN2O2/c1-11(19-16(20)14-7-8-15(17)21-14)13-6-2-4-12(10-13)5-3-9-18/h2,4,6-8,10-11H,9,18H2,1H3,(H,19,20). The van der Waals surface area contributed by atoms with E-state index in [4.69, 9.17) is 21.8 Å². The normalized spacial score (nSPS) is 11.4. The van der Waals surface area contributed by atoms with E-state index in [0.29, 0.717) is 6.54 Å². The van der Waals surface area contributed by atoms with E-state index in [1.165, 1.54) is 12.1 Å². The minimum atomic E-state index is -0.312. The molecule has 0 aliphatic heterocycles. The molecule has 5 heteroatoms. The number of hydrogen-bond acceptors (Lipinski definition) is 3. The van der Waals surface area contributed by atoms with Gasteiger partial charge in [0.2, 0.25) is 0 Å². The zero-order valence-corrected chi connectivity index (χ0v) is 12.3. The second kappa shape index (κ2) is 6.98. The number of carbonyl (C=O) groups excluding carboxylic acids is 1. The van der Waals surface area contributed by atoms with Gasteiger partial charge in [-0.15, -0.1) is 0 Å². The van der Waals surface area contributed by atoms with Crippen LogP contribution in [0.3, 0.4) is 0 Å². The summed E-state index contributed by atoms with van der Waals surface area (Å²) in [5, 5.41) is 3.03. The van der Waals surface area contributed by atoms with Gasteiger partial charge in [-0.25, -0.2) is 0 Å². The highest BCUT2D eigenvalue weighted by Gasteiger charge is 2.14. The largest absolute Gasteiger partial charge is 0.440 e. The van der Waals surface area contributed by atoms with Crippen molar-refractivity contribution in [2.75, 3.05) is 6.54 Å². The van der Waals surface area contributed by atoms with Crippen molar-refractivity contribution in [1.82, 2.24) is 5.32 Å². The van der Waals surface area contributed by atoms with E-state index in [1.807, 2.05) is 31.2 Å². The SMILES string of the molecule is CC(NC(=O)c1ccc(Cl)o1)c1cccc(C#CCN)c1. The molecular formula is C16H15ClN2O2. The summed E-state index contributed by atoms with van der Waals surface area (Å²) in [6, 6.07) is 10.5. The van der Waals surface area contributed by atoms with Gasteiger partial charge >= 0.3 is 0 Å². The van der Waals surface area contributed by atoms with Crippen LogP contribution < -0.4 is 11.1 Å². The van der Waals surface area contributed by atoms with Crippen LogP contribution in [0.5, 0.6) is 0 Å². The number of nitrogens with two attached hydrogens (primary N) is 1. The molecule has 4 nitrogen and oxygen atoms in total. The maximum Gasteiger partial charge on any atom is 0.287 e. The van der Waals surface area contributed by atoms with Crippen LogP contribution in [0.1, 0.15) is 34.6 Å². The molecule has 0 radical (unpaired) electrons. The number of halogens is 1. The number of rotatable bonds is 3. The van der Waals surface area contributed by atoms with Gasteiger partial charge in [0.05, 0.1) is 12.6 Å². The van der Waals surface area contributed by atoms with E-state index in [0.717, 1.165) is 11.1 Å². The minimum absolute atomic E-state index is 0.180. The predicted octanol–water partition coefficient (Wildman–Crippen LogP) is 2.73. The van der Waals surface area contributed by atoms with Gasteiger partial charge < -0.3 is 15.5 Å². The number of nitrogens with one attached hydrogen (secondary N) is 1. The van der Waals surface area contributed by atoms with Crippen LogP contribution in [-0.2, 0) is 0 Å². The van der Waals surface area contributed by atoms with Gasteiger partial charge in [-0.3, -0.25) is 4.79 Å². The molecule has 0 bridgehead atoms. The summed E-state index contributed by atoms with van der Waals surface area (Å²) in [5.41, 5.74) is 7.16. The molecule has 3 N–H and O–H groups in total. The second-order valence-electron chi connectivity index (χ2n) is 4.43. The quantitative estimate of drug-likeness (QED) is 0.857. The van der Waals surface area contributed by atoms with Gasteiger partial charge in [-0.2, -0.15) is 0 Å². The Bertz CT molecular complexity index is 698. The van der Waals surface area contributed by atoms with Crippen molar-refractivity contribution in [1.29, 1.82) is 0 Å². The summed E-state index contributed by atoms with van der Waals surface area (Å²) >= 11 is 5.66. The van der Waals surface area contributed by atoms with Gasteiger partial charge in [0.1, 0.15) is 0 Å². The minimum Gasteiger partial charge on any atom is -0.440 e. The third-order valence-corrected chi connectivity index (χ3v) is 3.07. The average Bonchev–Trinajstić information content (AvgIpc) is 2.92. The van der Waals surface area contributed by atoms with Crippen LogP contribution in [-0.4, -0.2) is 12.5 Å². The molecule has 1 amide bonds. The molecule has 0 saturated carbocycles. The van der Waals surface area contributed by atoms with Gasteiger partial charge in [-0.1, -0.05) is 24.0 Å². The topological polar surface area (TPSA) is 68.3 Å². The fourth-order valence-electron chi connectivity index (χ4n) is 1.83. The van der Waals surface area contributed by atoms with Gasteiger partial charge in [0.15, 0.2) is 11.0 Å². The van der Waals surface area contributed by atoms with Crippen molar-refractivity contribution in [2.45, 2.75) is 13.0 Å². The maximum absolute atomic E-state index is 12.0. The van der Waals surface area contributed by atoms with Crippen LogP contribution in [0, 0.1) is 11.8 Å². The third-order valence-electron chi connectivity index (χ3n) is 2.87. The van der Waals surface area contributed by atoms with Crippen molar-refractivity contribution in [2.24, 2.45) is 5.73 Å². The van der Waals surface area contributed by atoms with E-state index in [-0.39, 0.29) is 22.9 Å². The van der Waals surface area contributed by atoms with Gasteiger partial charge in [0, 0.05) is 5.56 Å². The summed E-state index contributed by atoms with van der Waals surface area (Å²) in [5.74, 6) is 5.64. The Hall–Kier alpha value is -2.22. The smallest absolute Gasteiger partial charge is 0.287 e. The fourth-order valence-corrected chi connectivity index (χ4v) is 1.97. The van der Waals surface area contributed by atoms with Gasteiger partial charge in [-0.05, 0) is 48.4 Å². The molecule has 0 fully saturated rings. The van der Waals surface area contributed by atoms with Crippen molar-refractivity contribution in [3.05, 3.63) is 58.5 Å². The van der Waals surface area contributed by atoms with E-state index >= 15 is 0 Å². The average molecular weight is 303 g/mol. The molecular weight excluding hydrogens is 288 g/mol. The van der Waals surface area contributed by atoms with Crippen molar-refractivity contribution in [3.8, 4) is 11.8 Å². The molecule has 0 aliphatic carbocycles. The van der Waals surface area contributed by atoms with E-state index in [1.54, 1.807) is 0 Å². The summed E-state index contributed by atoms with van der Waals surface area (Å²) in [4.78, 5) is 12.0.